The summed E-state index contributed by atoms with van der Waals surface area (Å²) in [6.45, 7) is 8.38. The molecule has 0 bridgehead atoms. The van der Waals surface area contributed by atoms with Gasteiger partial charge in [0.25, 0.3) is 0 Å². The molecule has 0 aromatic heterocycles. The van der Waals surface area contributed by atoms with Crippen LogP contribution in [0.2, 0.25) is 12.1 Å². The molecular weight excluding hydrogens is 162 g/mol. The molecule has 12 heavy (non-hydrogen) atoms. The normalized spacial score (nSPS) is 19.8. The Morgan fingerprint density at radius 2 is 1.83 bits per heavy atom. The second-order valence-electron chi connectivity index (χ2n) is 4.27. The third kappa shape index (κ3) is 2.59. The molecule has 0 spiro atoms. The van der Waals surface area contributed by atoms with E-state index in [1.807, 2.05) is 0 Å². The van der Waals surface area contributed by atoms with E-state index in [0.717, 1.165) is 6.04 Å². The molecule has 1 saturated heterocycles. The fourth-order valence-corrected chi connectivity index (χ4v) is 6.29. The summed E-state index contributed by atoms with van der Waals surface area (Å²) in [6.07, 6.45) is 4.37. The monoisotopic (exact) mass is 185 g/mol. The van der Waals surface area contributed by atoms with Crippen molar-refractivity contribution >= 4 is 8.96 Å². The Hall–Kier alpha value is 0.177. The van der Waals surface area contributed by atoms with E-state index in [1.54, 1.807) is 12.1 Å². The van der Waals surface area contributed by atoms with E-state index >= 15 is 0 Å². The third-order valence-corrected chi connectivity index (χ3v) is 6.88. The summed E-state index contributed by atoms with van der Waals surface area (Å²) in [5.74, 6) is 0. The van der Waals surface area contributed by atoms with Gasteiger partial charge in [0.15, 0.2) is 0 Å². The molecule has 1 aliphatic heterocycles. The predicted octanol–water partition coefficient (Wildman–Crippen LogP) is 2.62. The highest BCUT2D eigenvalue weighted by molar-refractivity contribution is 6.56. The van der Waals surface area contributed by atoms with Gasteiger partial charge < -0.3 is 4.57 Å². The van der Waals surface area contributed by atoms with Gasteiger partial charge in [-0.2, -0.15) is 0 Å². The van der Waals surface area contributed by atoms with Crippen LogP contribution >= 0.6 is 0 Å². The van der Waals surface area contributed by atoms with Crippen molar-refractivity contribution < 1.29 is 0 Å². The molecule has 0 unspecified atom stereocenters. The highest BCUT2D eigenvalue weighted by Crippen LogP contribution is 2.23. The van der Waals surface area contributed by atoms with Crippen molar-refractivity contribution in [1.29, 1.82) is 0 Å². The number of hydrogen-bond acceptors (Lipinski definition) is 1. The summed E-state index contributed by atoms with van der Waals surface area (Å²) < 4.78 is 2.83. The van der Waals surface area contributed by atoms with E-state index < -0.39 is 8.96 Å². The maximum absolute atomic E-state index is 2.83. The number of hydrogen-bond donors (Lipinski definition) is 0. The summed E-state index contributed by atoms with van der Waals surface area (Å²) in [5, 5.41) is 0. The molecule has 1 nitrogen and oxygen atoms in total. The molecule has 1 rings (SSSR count). The van der Waals surface area contributed by atoms with E-state index in [4.69, 9.17) is 0 Å². The summed E-state index contributed by atoms with van der Waals surface area (Å²) in [4.78, 5) is 0. The first-order chi connectivity index (χ1) is 5.75. The van der Waals surface area contributed by atoms with Gasteiger partial charge in [-0.25, -0.2) is 0 Å². The molecule has 1 heterocycles. The molecule has 1 aliphatic rings. The lowest BCUT2D eigenvalue weighted by Gasteiger charge is -2.31. The van der Waals surface area contributed by atoms with Crippen molar-refractivity contribution in [1.82, 2.24) is 4.57 Å². The molecule has 1 fully saturated rings. The van der Waals surface area contributed by atoms with E-state index in [0.29, 0.717) is 0 Å². The largest absolute Gasteiger partial charge is 0.324 e. The van der Waals surface area contributed by atoms with Crippen molar-refractivity contribution in [3.8, 4) is 0 Å². The Morgan fingerprint density at radius 3 is 2.25 bits per heavy atom. The first kappa shape index (κ1) is 10.3. The van der Waals surface area contributed by atoms with Crippen molar-refractivity contribution in [2.45, 2.75) is 58.2 Å². The minimum absolute atomic E-state index is 0.438. The van der Waals surface area contributed by atoms with Crippen LogP contribution in [0, 0.1) is 0 Å². The molecule has 0 saturated carbocycles. The highest BCUT2D eigenvalue weighted by atomic mass is 28.3. The van der Waals surface area contributed by atoms with Gasteiger partial charge in [-0.3, -0.25) is 0 Å². The summed E-state index contributed by atoms with van der Waals surface area (Å²) >= 11 is 0. The predicted molar refractivity (Wildman–Crippen MR) is 58.1 cm³/mol. The Kier molecular flexibility index (Phi) is 4.30. The average molecular weight is 185 g/mol. The standard InChI is InChI=1S/C10H23NSi/c1-4-7-11(10(2)3)12-8-5-6-9-12/h10,12H,4-9H2,1-3H3. The van der Waals surface area contributed by atoms with Gasteiger partial charge >= 0.3 is 0 Å². The van der Waals surface area contributed by atoms with Gasteiger partial charge in [0.05, 0.1) is 0 Å². The van der Waals surface area contributed by atoms with E-state index in [-0.39, 0.29) is 0 Å². The Labute approximate surface area is 78.8 Å². The van der Waals surface area contributed by atoms with Gasteiger partial charge in [-0.1, -0.05) is 33.6 Å². The smallest absolute Gasteiger partial charge is 0.112 e. The van der Waals surface area contributed by atoms with Crippen LogP contribution in [-0.2, 0) is 0 Å². The third-order valence-electron chi connectivity index (χ3n) is 2.94. The molecule has 0 radical (unpaired) electrons. The first-order valence-corrected chi connectivity index (χ1v) is 7.66. The molecule has 0 amide bonds. The lowest BCUT2D eigenvalue weighted by molar-refractivity contribution is 0.361. The van der Waals surface area contributed by atoms with Crippen LogP contribution in [0.3, 0.4) is 0 Å². The van der Waals surface area contributed by atoms with E-state index in [2.05, 4.69) is 25.3 Å². The minimum atomic E-state index is -0.438. The van der Waals surface area contributed by atoms with Crippen molar-refractivity contribution in [3.63, 3.8) is 0 Å². The number of nitrogens with zero attached hydrogens (tertiary/aromatic N) is 1. The molecule has 72 valence electrons. The molecule has 0 N–H and O–H groups in total. The van der Waals surface area contributed by atoms with Gasteiger partial charge in [0.1, 0.15) is 8.96 Å². The highest BCUT2D eigenvalue weighted by Gasteiger charge is 2.24. The van der Waals surface area contributed by atoms with E-state index in [1.165, 1.54) is 25.8 Å². The Bertz CT molecular complexity index is 119. The van der Waals surface area contributed by atoms with Crippen LogP contribution in [0.15, 0.2) is 0 Å². The molecular formula is C10H23NSi. The van der Waals surface area contributed by atoms with Crippen molar-refractivity contribution in [2.24, 2.45) is 0 Å². The second kappa shape index (κ2) is 5.03. The summed E-state index contributed by atoms with van der Waals surface area (Å²) in [7, 11) is -0.438. The summed E-state index contributed by atoms with van der Waals surface area (Å²) in [5.41, 5.74) is 0. The maximum atomic E-state index is 2.83. The quantitative estimate of drug-likeness (QED) is 0.609. The SMILES string of the molecule is CCCN(C(C)C)[SiH]1CCCC1. The van der Waals surface area contributed by atoms with Crippen LogP contribution < -0.4 is 0 Å². The van der Waals surface area contributed by atoms with Crippen LogP contribution in [0.25, 0.3) is 0 Å². The number of rotatable bonds is 4. The van der Waals surface area contributed by atoms with Gasteiger partial charge in [-0.05, 0) is 31.1 Å². The zero-order chi connectivity index (χ0) is 8.97. The molecule has 0 aliphatic carbocycles. The lowest BCUT2D eigenvalue weighted by atomic mass is 10.4. The van der Waals surface area contributed by atoms with Crippen LogP contribution in [-0.4, -0.2) is 26.1 Å². The van der Waals surface area contributed by atoms with Crippen molar-refractivity contribution in [2.75, 3.05) is 6.54 Å². The molecule has 0 aromatic carbocycles. The minimum Gasteiger partial charge on any atom is -0.324 e. The second-order valence-corrected chi connectivity index (χ2v) is 7.40. The Morgan fingerprint density at radius 1 is 1.25 bits per heavy atom. The van der Waals surface area contributed by atoms with Gasteiger partial charge in [0.2, 0.25) is 0 Å². The van der Waals surface area contributed by atoms with Crippen LogP contribution in [0.1, 0.15) is 40.0 Å². The average Bonchev–Trinajstić information content (AvgIpc) is 2.51. The maximum Gasteiger partial charge on any atom is 0.112 e. The lowest BCUT2D eigenvalue weighted by Crippen LogP contribution is -2.42. The topological polar surface area (TPSA) is 3.24 Å². The van der Waals surface area contributed by atoms with Gasteiger partial charge in [0, 0.05) is 0 Å². The molecule has 2 heteroatoms. The van der Waals surface area contributed by atoms with Crippen molar-refractivity contribution in [3.05, 3.63) is 0 Å². The first-order valence-electron chi connectivity index (χ1n) is 5.51. The van der Waals surface area contributed by atoms with Gasteiger partial charge in [-0.15, -0.1) is 0 Å². The van der Waals surface area contributed by atoms with Crippen LogP contribution in [0.4, 0.5) is 0 Å². The molecule has 0 atom stereocenters. The van der Waals surface area contributed by atoms with E-state index in [9.17, 15) is 0 Å². The summed E-state index contributed by atoms with van der Waals surface area (Å²) in [6, 6.07) is 3.97. The zero-order valence-electron chi connectivity index (χ0n) is 8.84. The van der Waals surface area contributed by atoms with Crippen LogP contribution in [0.5, 0.6) is 0 Å². The zero-order valence-corrected chi connectivity index (χ0v) is 10.00. The Balaban J connectivity index is 2.40. The fourth-order valence-electron chi connectivity index (χ4n) is 2.36. The fraction of sp³-hybridized carbons (Fsp3) is 1.00. The molecule has 0 aromatic rings.